The molecule has 7 heteroatoms. The van der Waals surface area contributed by atoms with Crippen LogP contribution in [0, 0.1) is 6.92 Å². The third-order valence-electron chi connectivity index (χ3n) is 5.53. The van der Waals surface area contributed by atoms with Gasteiger partial charge >= 0.3 is 0 Å². The molecule has 31 heavy (non-hydrogen) atoms. The number of carbonyl (C=O) groups is 2. The maximum Gasteiger partial charge on any atom is 0.257 e. The first kappa shape index (κ1) is 22.7. The monoisotopic (exact) mass is 438 g/mol. The molecule has 3 aromatic rings. The molecule has 0 unspecified atom stereocenters. The van der Waals surface area contributed by atoms with Gasteiger partial charge in [0.15, 0.2) is 11.4 Å². The lowest BCUT2D eigenvalue weighted by Gasteiger charge is -2.22. The fourth-order valence-electron chi connectivity index (χ4n) is 3.87. The maximum atomic E-state index is 13.4. The molecule has 0 radical (unpaired) electrons. The van der Waals surface area contributed by atoms with E-state index in [0.717, 1.165) is 55.5 Å². The Kier molecular flexibility index (Phi) is 7.23. The minimum Gasteiger partial charge on any atom is -0.354 e. The number of anilines is 2. The Morgan fingerprint density at radius 2 is 1.77 bits per heavy atom. The number of pyridine rings is 2. The first-order chi connectivity index (χ1) is 14.5. The average molecular weight is 439 g/mol. The molecule has 0 saturated carbocycles. The molecule has 1 fully saturated rings. The quantitative estimate of drug-likeness (QED) is 0.557. The van der Waals surface area contributed by atoms with Gasteiger partial charge in [-0.15, -0.1) is 12.4 Å². The molecule has 3 heterocycles. The molecule has 1 amide bonds. The van der Waals surface area contributed by atoms with Gasteiger partial charge in [0.25, 0.3) is 5.91 Å². The number of benzene rings is 1. The third-order valence-corrected chi connectivity index (χ3v) is 5.53. The molecular formula is C24H27ClN4O2. The topological polar surface area (TPSA) is 75.2 Å². The van der Waals surface area contributed by atoms with Crippen molar-refractivity contribution in [3.63, 3.8) is 0 Å². The van der Waals surface area contributed by atoms with Crippen LogP contribution in [-0.2, 0) is 0 Å². The summed E-state index contributed by atoms with van der Waals surface area (Å²) in [6, 6.07) is 11.2. The number of nitrogens with one attached hydrogen (secondary N) is 1. The highest BCUT2D eigenvalue weighted by molar-refractivity contribution is 6.07. The van der Waals surface area contributed by atoms with E-state index >= 15 is 0 Å². The average Bonchev–Trinajstić information content (AvgIpc) is 3.03. The third kappa shape index (κ3) is 5.02. The van der Waals surface area contributed by atoms with Crippen molar-refractivity contribution in [3.05, 3.63) is 59.4 Å². The predicted octanol–water partition coefficient (Wildman–Crippen LogP) is 5.32. The van der Waals surface area contributed by atoms with Crippen LogP contribution in [0.15, 0.2) is 42.6 Å². The van der Waals surface area contributed by atoms with Crippen molar-refractivity contribution in [2.45, 2.75) is 39.5 Å². The number of carbonyl (C=O) groups excluding carboxylic acids is 2. The zero-order valence-electron chi connectivity index (χ0n) is 17.9. The van der Waals surface area contributed by atoms with Gasteiger partial charge in [-0.1, -0.05) is 25.0 Å². The van der Waals surface area contributed by atoms with Gasteiger partial charge in [0, 0.05) is 41.6 Å². The van der Waals surface area contributed by atoms with Crippen LogP contribution >= 0.6 is 12.4 Å². The SMILES string of the molecule is CC(=O)c1cccc(Nc2c(C(=O)N3CCCCCC3)cnc3nc(C)ccc23)c1.Cl. The molecule has 0 atom stereocenters. The minimum atomic E-state index is -0.0166. The number of hydrogen-bond donors (Lipinski definition) is 1. The lowest BCUT2D eigenvalue weighted by atomic mass is 10.1. The molecule has 2 aromatic heterocycles. The van der Waals surface area contributed by atoms with Crippen LogP contribution in [0.5, 0.6) is 0 Å². The van der Waals surface area contributed by atoms with Gasteiger partial charge in [0.05, 0.1) is 11.3 Å². The Labute approximate surface area is 188 Å². The molecule has 0 bridgehead atoms. The number of nitrogens with zero attached hydrogens (tertiary/aromatic N) is 3. The molecule has 1 aromatic carbocycles. The lowest BCUT2D eigenvalue weighted by Crippen LogP contribution is -2.32. The van der Waals surface area contributed by atoms with E-state index in [-0.39, 0.29) is 24.1 Å². The second-order valence-electron chi connectivity index (χ2n) is 7.84. The van der Waals surface area contributed by atoms with Crippen LogP contribution < -0.4 is 5.32 Å². The number of likely N-dealkylation sites (tertiary alicyclic amines) is 1. The Morgan fingerprint density at radius 3 is 2.48 bits per heavy atom. The van der Waals surface area contributed by atoms with Crippen LogP contribution in [0.3, 0.4) is 0 Å². The van der Waals surface area contributed by atoms with Gasteiger partial charge < -0.3 is 10.2 Å². The highest BCUT2D eigenvalue weighted by atomic mass is 35.5. The van der Waals surface area contributed by atoms with Crippen LogP contribution in [-0.4, -0.2) is 39.6 Å². The number of aromatic nitrogens is 2. The van der Waals surface area contributed by atoms with E-state index in [0.29, 0.717) is 22.5 Å². The zero-order valence-corrected chi connectivity index (χ0v) is 18.7. The zero-order chi connectivity index (χ0) is 21.1. The number of Topliss-reactive ketones (excluding diaryl/α,β-unsaturated/α-hetero) is 1. The summed E-state index contributed by atoms with van der Waals surface area (Å²) in [6.45, 7) is 4.99. The fraction of sp³-hybridized carbons (Fsp3) is 0.333. The molecule has 1 N–H and O–H groups in total. The van der Waals surface area contributed by atoms with Gasteiger partial charge in [-0.25, -0.2) is 9.97 Å². The fourth-order valence-corrected chi connectivity index (χ4v) is 3.87. The maximum absolute atomic E-state index is 13.4. The van der Waals surface area contributed by atoms with Gasteiger partial charge in [-0.2, -0.15) is 0 Å². The molecular weight excluding hydrogens is 412 g/mol. The van der Waals surface area contributed by atoms with Crippen molar-refractivity contribution >= 4 is 46.5 Å². The predicted molar refractivity (Wildman–Crippen MR) is 126 cm³/mol. The summed E-state index contributed by atoms with van der Waals surface area (Å²) in [5, 5.41) is 4.17. The Morgan fingerprint density at radius 1 is 1.03 bits per heavy atom. The Hall–Kier alpha value is -2.99. The van der Waals surface area contributed by atoms with Gasteiger partial charge in [0.1, 0.15) is 0 Å². The van der Waals surface area contributed by atoms with Crippen molar-refractivity contribution in [1.82, 2.24) is 14.9 Å². The van der Waals surface area contributed by atoms with E-state index in [1.54, 1.807) is 25.3 Å². The number of halogens is 1. The van der Waals surface area contributed by atoms with Gasteiger partial charge in [-0.3, -0.25) is 9.59 Å². The number of aryl methyl sites for hydroxylation is 1. The largest absolute Gasteiger partial charge is 0.354 e. The number of rotatable bonds is 4. The van der Waals surface area contributed by atoms with Gasteiger partial charge in [0.2, 0.25) is 0 Å². The van der Waals surface area contributed by atoms with Crippen LogP contribution in [0.25, 0.3) is 11.0 Å². The van der Waals surface area contributed by atoms with Crippen molar-refractivity contribution in [3.8, 4) is 0 Å². The number of ketones is 1. The van der Waals surface area contributed by atoms with E-state index in [1.807, 2.05) is 36.1 Å². The first-order valence-electron chi connectivity index (χ1n) is 10.5. The number of amides is 1. The van der Waals surface area contributed by atoms with Crippen LogP contribution in [0.1, 0.15) is 59.0 Å². The molecule has 6 nitrogen and oxygen atoms in total. The molecule has 4 rings (SSSR count). The number of hydrogen-bond acceptors (Lipinski definition) is 5. The van der Waals surface area contributed by atoms with Crippen molar-refractivity contribution in [2.24, 2.45) is 0 Å². The summed E-state index contributed by atoms with van der Waals surface area (Å²) in [6.07, 6.45) is 5.99. The molecule has 0 spiro atoms. The number of fused-ring (bicyclic) bond motifs is 1. The Bertz CT molecular complexity index is 1110. The van der Waals surface area contributed by atoms with Crippen LogP contribution in [0.4, 0.5) is 11.4 Å². The summed E-state index contributed by atoms with van der Waals surface area (Å²) in [4.78, 5) is 36.1. The van der Waals surface area contributed by atoms with Crippen LogP contribution in [0.2, 0.25) is 0 Å². The van der Waals surface area contributed by atoms with Crippen molar-refractivity contribution in [1.29, 1.82) is 0 Å². The molecule has 162 valence electrons. The summed E-state index contributed by atoms with van der Waals surface area (Å²) in [5.74, 6) is -0.0199. The summed E-state index contributed by atoms with van der Waals surface area (Å²) < 4.78 is 0. The standard InChI is InChI=1S/C24H26N4O2.ClH/c1-16-10-11-20-22(27-19-9-7-8-18(14-19)17(2)29)21(15-25-23(20)26-16)24(30)28-12-5-3-4-6-13-28;/h7-11,14-15H,3-6,12-13H2,1-2H3,(H,25,26,27);1H. The Balaban J connectivity index is 0.00000272. The summed E-state index contributed by atoms with van der Waals surface area (Å²) in [5.41, 5.74) is 4.04. The summed E-state index contributed by atoms with van der Waals surface area (Å²) >= 11 is 0. The normalized spacial score (nSPS) is 13.9. The van der Waals surface area contributed by atoms with E-state index in [1.165, 1.54) is 0 Å². The van der Waals surface area contributed by atoms with E-state index < -0.39 is 0 Å². The summed E-state index contributed by atoms with van der Waals surface area (Å²) in [7, 11) is 0. The molecule has 1 saturated heterocycles. The van der Waals surface area contributed by atoms with E-state index in [2.05, 4.69) is 15.3 Å². The molecule has 1 aliphatic heterocycles. The molecule has 0 aliphatic carbocycles. The second kappa shape index (κ2) is 9.88. The molecule has 1 aliphatic rings. The van der Waals surface area contributed by atoms with E-state index in [4.69, 9.17) is 0 Å². The highest BCUT2D eigenvalue weighted by Gasteiger charge is 2.23. The lowest BCUT2D eigenvalue weighted by molar-refractivity contribution is 0.0762. The minimum absolute atomic E-state index is 0. The smallest absolute Gasteiger partial charge is 0.257 e. The van der Waals surface area contributed by atoms with Crippen molar-refractivity contribution in [2.75, 3.05) is 18.4 Å². The van der Waals surface area contributed by atoms with Gasteiger partial charge in [-0.05, 0) is 51.0 Å². The van der Waals surface area contributed by atoms with Crippen molar-refractivity contribution < 1.29 is 9.59 Å². The first-order valence-corrected chi connectivity index (χ1v) is 10.5. The second-order valence-corrected chi connectivity index (χ2v) is 7.84. The highest BCUT2D eigenvalue weighted by Crippen LogP contribution is 2.30. The van der Waals surface area contributed by atoms with E-state index in [9.17, 15) is 9.59 Å².